The van der Waals surface area contributed by atoms with Crippen LogP contribution in [0.4, 0.5) is 0 Å². The van der Waals surface area contributed by atoms with Crippen LogP contribution in [0.2, 0.25) is 0 Å². The molecule has 1 N–H and O–H groups in total. The molecular weight excluding hydrogens is 176 g/mol. The third kappa shape index (κ3) is 1.49. The van der Waals surface area contributed by atoms with Crippen LogP contribution in [0.5, 0.6) is 0 Å². The van der Waals surface area contributed by atoms with Gasteiger partial charge in [-0.15, -0.1) is 6.42 Å². The Labute approximate surface area is 82.6 Å². The van der Waals surface area contributed by atoms with Crippen LogP contribution in [-0.4, -0.2) is 11.1 Å². The molecule has 2 atom stereocenters. The number of carboxylic acids is 1. The second-order valence-electron chi connectivity index (χ2n) is 3.56. The lowest BCUT2D eigenvalue weighted by molar-refractivity contribution is -0.138. The highest BCUT2D eigenvalue weighted by Gasteiger charge is 2.44. The van der Waals surface area contributed by atoms with Gasteiger partial charge in [-0.25, -0.2) is 0 Å². The van der Waals surface area contributed by atoms with Crippen LogP contribution in [0.25, 0.3) is 0 Å². The van der Waals surface area contributed by atoms with Crippen molar-refractivity contribution in [2.24, 2.45) is 5.92 Å². The van der Waals surface area contributed by atoms with E-state index >= 15 is 0 Å². The highest BCUT2D eigenvalue weighted by Crippen LogP contribution is 2.47. The Bertz CT molecular complexity index is 415. The predicted molar refractivity (Wildman–Crippen MR) is 52.9 cm³/mol. The van der Waals surface area contributed by atoms with E-state index in [2.05, 4.69) is 5.92 Å². The number of aliphatic carboxylic acids is 1. The molecule has 1 fully saturated rings. The number of terminal acetylenes is 1. The van der Waals surface area contributed by atoms with Crippen LogP contribution in [0.3, 0.4) is 0 Å². The zero-order chi connectivity index (χ0) is 10.1. The van der Waals surface area contributed by atoms with E-state index in [9.17, 15) is 4.79 Å². The van der Waals surface area contributed by atoms with E-state index < -0.39 is 5.97 Å². The van der Waals surface area contributed by atoms with E-state index in [1.54, 1.807) is 0 Å². The molecule has 70 valence electrons. The zero-order valence-corrected chi connectivity index (χ0v) is 7.60. The monoisotopic (exact) mass is 186 g/mol. The van der Waals surface area contributed by atoms with E-state index in [0.717, 1.165) is 17.5 Å². The molecule has 0 aliphatic heterocycles. The highest BCUT2D eigenvalue weighted by atomic mass is 16.4. The summed E-state index contributed by atoms with van der Waals surface area (Å²) in [6.45, 7) is 0. The molecule has 0 spiro atoms. The summed E-state index contributed by atoms with van der Waals surface area (Å²) >= 11 is 0. The number of carbonyl (C=O) groups is 1. The Hall–Kier alpha value is -1.75. The summed E-state index contributed by atoms with van der Waals surface area (Å²) in [4.78, 5) is 10.7. The quantitative estimate of drug-likeness (QED) is 0.716. The molecule has 1 aliphatic carbocycles. The Kier molecular flexibility index (Phi) is 2.01. The lowest BCUT2D eigenvalue weighted by atomic mass is 10.1. The van der Waals surface area contributed by atoms with Crippen LogP contribution >= 0.6 is 0 Å². The summed E-state index contributed by atoms with van der Waals surface area (Å²) in [5, 5.41) is 8.77. The fourth-order valence-electron chi connectivity index (χ4n) is 1.70. The summed E-state index contributed by atoms with van der Waals surface area (Å²) in [6, 6.07) is 7.56. The molecule has 2 rings (SSSR count). The first-order chi connectivity index (χ1) is 6.72. The number of rotatable bonds is 2. The Morgan fingerprint density at radius 3 is 2.93 bits per heavy atom. The first-order valence-corrected chi connectivity index (χ1v) is 4.51. The van der Waals surface area contributed by atoms with Crippen LogP contribution in [0, 0.1) is 18.3 Å². The van der Waals surface area contributed by atoms with E-state index in [1.807, 2.05) is 24.3 Å². The Morgan fingerprint density at radius 2 is 2.36 bits per heavy atom. The SMILES string of the molecule is C#Cc1cccc([C@H]2C[C@H]2C(=O)O)c1. The average molecular weight is 186 g/mol. The van der Waals surface area contributed by atoms with Crippen LogP contribution in [-0.2, 0) is 4.79 Å². The van der Waals surface area contributed by atoms with Crippen molar-refractivity contribution in [3.05, 3.63) is 35.4 Å². The Morgan fingerprint density at radius 1 is 1.57 bits per heavy atom. The number of benzene rings is 1. The summed E-state index contributed by atoms with van der Waals surface area (Å²) in [7, 11) is 0. The molecule has 0 unspecified atom stereocenters. The Balaban J connectivity index is 2.20. The normalized spacial score (nSPS) is 23.9. The fourth-order valence-corrected chi connectivity index (χ4v) is 1.70. The van der Waals surface area contributed by atoms with Crippen molar-refractivity contribution in [1.29, 1.82) is 0 Å². The number of carboxylic acid groups (broad SMARTS) is 1. The van der Waals surface area contributed by atoms with Gasteiger partial charge >= 0.3 is 5.97 Å². The van der Waals surface area contributed by atoms with Crippen LogP contribution < -0.4 is 0 Å². The van der Waals surface area contributed by atoms with Crippen molar-refractivity contribution in [3.63, 3.8) is 0 Å². The molecule has 2 nitrogen and oxygen atoms in total. The van der Waals surface area contributed by atoms with E-state index in [-0.39, 0.29) is 11.8 Å². The second kappa shape index (κ2) is 3.19. The number of hydrogen-bond donors (Lipinski definition) is 1. The maximum absolute atomic E-state index is 10.7. The van der Waals surface area contributed by atoms with Gasteiger partial charge in [0.05, 0.1) is 5.92 Å². The second-order valence-corrected chi connectivity index (χ2v) is 3.56. The van der Waals surface area contributed by atoms with Gasteiger partial charge in [-0.3, -0.25) is 4.79 Å². The lowest BCUT2D eigenvalue weighted by Crippen LogP contribution is -1.98. The molecule has 1 aromatic carbocycles. The topological polar surface area (TPSA) is 37.3 Å². The van der Waals surface area contributed by atoms with Gasteiger partial charge in [0, 0.05) is 5.56 Å². The molecule has 2 heteroatoms. The van der Waals surface area contributed by atoms with Crippen LogP contribution in [0.1, 0.15) is 23.5 Å². The third-order valence-corrected chi connectivity index (χ3v) is 2.59. The van der Waals surface area contributed by atoms with Gasteiger partial charge in [0.15, 0.2) is 0 Å². The minimum atomic E-state index is -0.707. The van der Waals surface area contributed by atoms with Crippen molar-refractivity contribution < 1.29 is 9.90 Å². The predicted octanol–water partition coefficient (Wildman–Crippen LogP) is 1.86. The van der Waals surface area contributed by atoms with Gasteiger partial charge in [-0.2, -0.15) is 0 Å². The molecular formula is C12H10O2. The molecule has 14 heavy (non-hydrogen) atoms. The van der Waals surface area contributed by atoms with Crippen molar-refractivity contribution >= 4 is 5.97 Å². The molecule has 1 aliphatic rings. The largest absolute Gasteiger partial charge is 0.481 e. The standard InChI is InChI=1S/C12H10O2/c1-2-8-4-3-5-9(6-8)10-7-11(10)12(13)14/h1,3-6,10-11H,7H2,(H,13,14)/t10-,11-/m1/s1. The molecule has 1 aromatic rings. The molecule has 0 amide bonds. The van der Waals surface area contributed by atoms with E-state index in [0.29, 0.717) is 0 Å². The van der Waals surface area contributed by atoms with Gasteiger partial charge in [0.2, 0.25) is 0 Å². The van der Waals surface area contributed by atoms with Gasteiger partial charge < -0.3 is 5.11 Å². The summed E-state index contributed by atoms with van der Waals surface area (Å²) in [5.74, 6) is 1.80. The zero-order valence-electron chi connectivity index (χ0n) is 7.60. The molecule has 0 saturated heterocycles. The molecule has 0 aromatic heterocycles. The van der Waals surface area contributed by atoms with E-state index in [1.165, 1.54) is 0 Å². The van der Waals surface area contributed by atoms with Crippen molar-refractivity contribution in [1.82, 2.24) is 0 Å². The highest BCUT2D eigenvalue weighted by molar-refractivity contribution is 5.75. The van der Waals surface area contributed by atoms with E-state index in [4.69, 9.17) is 11.5 Å². The molecule has 0 radical (unpaired) electrons. The van der Waals surface area contributed by atoms with Gasteiger partial charge in [0.25, 0.3) is 0 Å². The van der Waals surface area contributed by atoms with Crippen LogP contribution in [0.15, 0.2) is 24.3 Å². The van der Waals surface area contributed by atoms with Crippen molar-refractivity contribution in [2.45, 2.75) is 12.3 Å². The first-order valence-electron chi connectivity index (χ1n) is 4.51. The molecule has 0 heterocycles. The smallest absolute Gasteiger partial charge is 0.307 e. The van der Waals surface area contributed by atoms with Crippen molar-refractivity contribution in [3.8, 4) is 12.3 Å². The maximum atomic E-state index is 10.7. The number of hydrogen-bond acceptors (Lipinski definition) is 1. The summed E-state index contributed by atoms with van der Waals surface area (Å²) < 4.78 is 0. The molecule has 1 saturated carbocycles. The van der Waals surface area contributed by atoms with Gasteiger partial charge in [-0.1, -0.05) is 18.1 Å². The maximum Gasteiger partial charge on any atom is 0.307 e. The fraction of sp³-hybridized carbons (Fsp3) is 0.250. The first kappa shape index (κ1) is 8.83. The van der Waals surface area contributed by atoms with Gasteiger partial charge in [-0.05, 0) is 30.0 Å². The minimum Gasteiger partial charge on any atom is -0.481 e. The lowest BCUT2D eigenvalue weighted by Gasteiger charge is -1.98. The van der Waals surface area contributed by atoms with Gasteiger partial charge in [0.1, 0.15) is 0 Å². The molecule has 0 bridgehead atoms. The average Bonchev–Trinajstić information content (AvgIpc) is 2.97. The summed E-state index contributed by atoms with van der Waals surface area (Å²) in [6.07, 6.45) is 6.01. The third-order valence-electron chi connectivity index (χ3n) is 2.59. The summed E-state index contributed by atoms with van der Waals surface area (Å²) in [5.41, 5.74) is 1.87. The minimum absolute atomic E-state index is 0.167. The van der Waals surface area contributed by atoms with Crippen molar-refractivity contribution in [2.75, 3.05) is 0 Å².